The summed E-state index contributed by atoms with van der Waals surface area (Å²) in [6.07, 6.45) is 1.34. The van der Waals surface area contributed by atoms with Crippen molar-refractivity contribution in [3.8, 4) is 0 Å². The maximum atomic E-state index is 13.2. The zero-order chi connectivity index (χ0) is 14.3. The number of aromatic nitrogens is 1. The molecule has 1 unspecified atom stereocenters. The van der Waals surface area contributed by atoms with E-state index in [1.54, 1.807) is 6.07 Å². The lowest BCUT2D eigenvalue weighted by Crippen LogP contribution is -2.08. The lowest BCUT2D eigenvalue weighted by molar-refractivity contribution is -0.138. The second kappa shape index (κ2) is 5.14. The first kappa shape index (κ1) is 13.5. The molecule has 4 nitrogen and oxygen atoms in total. The average molecular weight is 357 g/mol. The number of hydrogen-bond acceptors (Lipinski definition) is 4. The average Bonchev–Trinajstić information content (AvgIpc) is 2.92. The van der Waals surface area contributed by atoms with Crippen LogP contribution in [0, 0.1) is 5.82 Å². The Labute approximate surface area is 126 Å². The quantitative estimate of drug-likeness (QED) is 0.875. The van der Waals surface area contributed by atoms with E-state index in [0.717, 1.165) is 15.8 Å². The molecule has 1 heterocycles. The summed E-state index contributed by atoms with van der Waals surface area (Å²) in [6.45, 7) is 0. The van der Waals surface area contributed by atoms with Crippen LogP contribution >= 0.6 is 27.3 Å². The van der Waals surface area contributed by atoms with Crippen molar-refractivity contribution in [2.75, 3.05) is 5.32 Å². The highest BCUT2D eigenvalue weighted by Gasteiger charge is 2.32. The number of carboxylic acids is 1. The molecule has 0 aliphatic heterocycles. The number of halogens is 2. The van der Waals surface area contributed by atoms with Crippen molar-refractivity contribution < 1.29 is 14.3 Å². The summed E-state index contributed by atoms with van der Waals surface area (Å²) in [5, 5.41) is 12.7. The largest absolute Gasteiger partial charge is 0.481 e. The highest BCUT2D eigenvalue weighted by atomic mass is 79.9. The summed E-state index contributed by atoms with van der Waals surface area (Å²) in [5.41, 5.74) is 1.21. The van der Waals surface area contributed by atoms with Gasteiger partial charge in [-0.1, -0.05) is 0 Å². The molecule has 0 saturated carbocycles. The minimum atomic E-state index is -0.840. The van der Waals surface area contributed by atoms with E-state index in [4.69, 9.17) is 5.11 Å². The fraction of sp³-hybridized carbons (Fsp3) is 0.231. The molecule has 0 radical (unpaired) electrons. The highest BCUT2D eigenvalue weighted by Crippen LogP contribution is 2.39. The Hall–Kier alpha value is -1.47. The molecule has 0 amide bonds. The number of aliphatic carboxylic acids is 1. The van der Waals surface area contributed by atoms with E-state index in [1.165, 1.54) is 23.5 Å². The Morgan fingerprint density at radius 2 is 2.35 bits per heavy atom. The lowest BCUT2D eigenvalue weighted by atomic mass is 10.1. The number of nitrogens with one attached hydrogen (secondary N) is 1. The molecule has 0 saturated heterocycles. The Kier molecular flexibility index (Phi) is 3.47. The summed E-state index contributed by atoms with van der Waals surface area (Å²) < 4.78 is 14.0. The number of benzene rings is 1. The van der Waals surface area contributed by atoms with Crippen molar-refractivity contribution in [1.82, 2.24) is 4.98 Å². The van der Waals surface area contributed by atoms with E-state index in [9.17, 15) is 9.18 Å². The first-order valence-corrected chi connectivity index (χ1v) is 7.60. The summed E-state index contributed by atoms with van der Waals surface area (Å²) in [5.74, 6) is -1.71. The number of carboxylic acid groups (broad SMARTS) is 1. The van der Waals surface area contributed by atoms with E-state index in [2.05, 4.69) is 26.2 Å². The molecule has 20 heavy (non-hydrogen) atoms. The van der Waals surface area contributed by atoms with Gasteiger partial charge in [0.05, 0.1) is 11.4 Å². The molecule has 7 heteroatoms. The summed E-state index contributed by atoms with van der Waals surface area (Å²) in [7, 11) is 0. The van der Waals surface area contributed by atoms with E-state index in [0.29, 0.717) is 22.9 Å². The van der Waals surface area contributed by atoms with Gasteiger partial charge in [-0.05, 0) is 47.0 Å². The number of nitrogens with zero attached hydrogens (tertiary/aromatic N) is 1. The molecule has 3 rings (SSSR count). The zero-order valence-corrected chi connectivity index (χ0v) is 12.6. The molecule has 2 N–H and O–H groups in total. The molecule has 1 atom stereocenters. The van der Waals surface area contributed by atoms with Gasteiger partial charge in [0, 0.05) is 9.35 Å². The van der Waals surface area contributed by atoms with Gasteiger partial charge < -0.3 is 10.4 Å². The van der Waals surface area contributed by atoms with Crippen LogP contribution in [0.5, 0.6) is 0 Å². The number of rotatable bonds is 3. The van der Waals surface area contributed by atoms with Gasteiger partial charge in [0.1, 0.15) is 11.7 Å². The van der Waals surface area contributed by atoms with Crippen molar-refractivity contribution in [1.29, 1.82) is 0 Å². The molecule has 1 aromatic carbocycles. The van der Waals surface area contributed by atoms with Crippen LogP contribution in [0.25, 0.3) is 0 Å². The van der Waals surface area contributed by atoms with Crippen LogP contribution in [-0.4, -0.2) is 16.1 Å². The second-order valence-corrected chi connectivity index (χ2v) is 6.44. The van der Waals surface area contributed by atoms with Crippen molar-refractivity contribution in [3.63, 3.8) is 0 Å². The Morgan fingerprint density at radius 3 is 3.10 bits per heavy atom. The molecule has 1 aromatic heterocycles. The molecule has 1 aliphatic carbocycles. The van der Waals surface area contributed by atoms with Crippen LogP contribution in [0.2, 0.25) is 0 Å². The van der Waals surface area contributed by atoms with Gasteiger partial charge >= 0.3 is 5.97 Å². The minimum absolute atomic E-state index is 0.344. The standard InChI is InChI=1S/C13H10BrFN2O2S/c14-8-3-1-6(15)5-9(8)16-13-17-11-7(12(18)19)2-4-10(11)20-13/h1,3,5,7H,2,4H2,(H,16,17)(H,18,19). The molecule has 2 aromatic rings. The maximum Gasteiger partial charge on any atom is 0.312 e. The minimum Gasteiger partial charge on any atom is -0.481 e. The number of hydrogen-bond donors (Lipinski definition) is 2. The van der Waals surface area contributed by atoms with Crippen LogP contribution in [0.15, 0.2) is 22.7 Å². The fourth-order valence-corrected chi connectivity index (χ4v) is 3.63. The van der Waals surface area contributed by atoms with Gasteiger partial charge in [0.25, 0.3) is 0 Å². The number of carbonyl (C=O) groups is 1. The lowest BCUT2D eigenvalue weighted by Gasteiger charge is -2.06. The van der Waals surface area contributed by atoms with Gasteiger partial charge in [-0.15, -0.1) is 11.3 Å². The molecular weight excluding hydrogens is 347 g/mol. The van der Waals surface area contributed by atoms with Crippen molar-refractivity contribution in [3.05, 3.63) is 39.1 Å². The maximum absolute atomic E-state index is 13.2. The molecule has 0 bridgehead atoms. The Balaban J connectivity index is 1.88. The third-order valence-electron chi connectivity index (χ3n) is 3.19. The molecular formula is C13H10BrFN2O2S. The molecule has 1 aliphatic rings. The van der Waals surface area contributed by atoms with Gasteiger partial charge in [0.15, 0.2) is 5.13 Å². The van der Waals surface area contributed by atoms with Crippen LogP contribution < -0.4 is 5.32 Å². The molecule has 0 fully saturated rings. The number of anilines is 2. The van der Waals surface area contributed by atoms with Crippen LogP contribution in [0.4, 0.5) is 15.2 Å². The third-order valence-corrected chi connectivity index (χ3v) is 4.92. The first-order chi connectivity index (χ1) is 9.54. The Morgan fingerprint density at radius 1 is 1.55 bits per heavy atom. The molecule has 0 spiro atoms. The van der Waals surface area contributed by atoms with Crippen molar-refractivity contribution >= 4 is 44.1 Å². The van der Waals surface area contributed by atoms with Crippen LogP contribution in [-0.2, 0) is 11.2 Å². The van der Waals surface area contributed by atoms with E-state index >= 15 is 0 Å². The first-order valence-electron chi connectivity index (χ1n) is 5.99. The number of aryl methyl sites for hydroxylation is 1. The van der Waals surface area contributed by atoms with Gasteiger partial charge in [-0.2, -0.15) is 0 Å². The van der Waals surface area contributed by atoms with Crippen LogP contribution in [0.1, 0.15) is 22.9 Å². The highest BCUT2D eigenvalue weighted by molar-refractivity contribution is 9.10. The van der Waals surface area contributed by atoms with E-state index < -0.39 is 11.9 Å². The number of fused-ring (bicyclic) bond motifs is 1. The third kappa shape index (κ3) is 2.43. The second-order valence-electron chi connectivity index (χ2n) is 4.51. The van der Waals surface area contributed by atoms with E-state index in [-0.39, 0.29) is 5.82 Å². The Bertz CT molecular complexity index is 689. The molecule has 104 valence electrons. The monoisotopic (exact) mass is 356 g/mol. The SMILES string of the molecule is O=C(O)C1CCc2sc(Nc3cc(F)ccc3Br)nc21. The van der Waals surface area contributed by atoms with Crippen LogP contribution in [0.3, 0.4) is 0 Å². The van der Waals surface area contributed by atoms with Gasteiger partial charge in [-0.25, -0.2) is 9.37 Å². The smallest absolute Gasteiger partial charge is 0.312 e. The van der Waals surface area contributed by atoms with Crippen molar-refractivity contribution in [2.45, 2.75) is 18.8 Å². The van der Waals surface area contributed by atoms with Gasteiger partial charge in [-0.3, -0.25) is 4.79 Å². The van der Waals surface area contributed by atoms with Gasteiger partial charge in [0.2, 0.25) is 0 Å². The summed E-state index contributed by atoms with van der Waals surface area (Å²) in [6, 6.07) is 4.34. The predicted molar refractivity (Wildman–Crippen MR) is 78.2 cm³/mol. The number of thiazole rings is 1. The van der Waals surface area contributed by atoms with E-state index in [1.807, 2.05) is 0 Å². The fourth-order valence-electron chi connectivity index (χ4n) is 2.23. The topological polar surface area (TPSA) is 62.2 Å². The summed E-state index contributed by atoms with van der Waals surface area (Å²) >= 11 is 4.76. The van der Waals surface area contributed by atoms with Crippen molar-refractivity contribution in [2.24, 2.45) is 0 Å². The predicted octanol–water partition coefficient (Wildman–Crippen LogP) is 3.90. The summed E-state index contributed by atoms with van der Waals surface area (Å²) in [4.78, 5) is 16.5. The normalized spacial score (nSPS) is 17.0. The zero-order valence-electron chi connectivity index (χ0n) is 10.2.